The molecule has 1 heterocycles. The Hall–Kier alpha value is -0.700. The van der Waals surface area contributed by atoms with Crippen LogP contribution in [0.3, 0.4) is 0 Å². The number of ether oxygens (including phenoxy) is 1. The molecule has 0 unspecified atom stereocenters. The highest BCUT2D eigenvalue weighted by Crippen LogP contribution is 2.30. The lowest BCUT2D eigenvalue weighted by Gasteiger charge is -2.27. The van der Waals surface area contributed by atoms with Crippen molar-refractivity contribution >= 4 is 27.0 Å². The summed E-state index contributed by atoms with van der Waals surface area (Å²) in [6.07, 6.45) is 0. The maximum atomic E-state index is 5.98. The molecule has 76 valence electrons. The quantitative estimate of drug-likeness (QED) is 0.566. The van der Waals surface area contributed by atoms with Crippen molar-refractivity contribution in [2.45, 2.75) is 26.0 Å². The minimum Gasteiger partial charge on any atom is -0.499 e. The van der Waals surface area contributed by atoms with Crippen molar-refractivity contribution < 1.29 is 4.74 Å². The third-order valence-electron chi connectivity index (χ3n) is 2.08. The van der Waals surface area contributed by atoms with Gasteiger partial charge >= 0.3 is 0 Å². The van der Waals surface area contributed by atoms with Crippen LogP contribution < -0.4 is 0 Å². The minimum atomic E-state index is -1.20. The molecule has 1 aromatic heterocycles. The smallest absolute Gasteiger partial charge is 0.0899 e. The molecule has 0 N–H and O–H groups in total. The van der Waals surface area contributed by atoms with E-state index in [1.54, 1.807) is 11.3 Å². The fraction of sp³-hybridized carbons (Fsp3) is 0.500. The number of allylic oxidation sites excluding steroid dienone is 1. The summed E-state index contributed by atoms with van der Waals surface area (Å²) in [7, 11) is 12.0. The van der Waals surface area contributed by atoms with Gasteiger partial charge in [0.05, 0.1) is 38.8 Å². The minimum absolute atomic E-state index is 0.346. The van der Waals surface area contributed by atoms with Crippen LogP contribution in [0.1, 0.15) is 22.5 Å². The third kappa shape index (κ3) is 2.46. The normalized spacial score (nSPS) is 11.4. The lowest BCUT2D eigenvalue weighted by molar-refractivity contribution is 0.215. The van der Waals surface area contributed by atoms with Crippen LogP contribution in [-0.4, -0.2) is 27.3 Å². The summed E-state index contributed by atoms with van der Waals surface area (Å²) in [5.41, 5.74) is 0.642. The molecule has 0 aliphatic carbocycles. The van der Waals surface area contributed by atoms with Gasteiger partial charge in [-0.15, -0.1) is 11.3 Å². The van der Waals surface area contributed by atoms with Crippen molar-refractivity contribution in [2.75, 3.05) is 6.61 Å². The summed E-state index contributed by atoms with van der Waals surface area (Å²) in [4.78, 5) is 5.31. The van der Waals surface area contributed by atoms with E-state index in [0.29, 0.717) is 18.1 Å². The van der Waals surface area contributed by atoms with Gasteiger partial charge in [0, 0.05) is 4.88 Å². The van der Waals surface area contributed by atoms with Crippen molar-refractivity contribution in [3.8, 4) is 0 Å². The predicted octanol–water partition coefficient (Wildman–Crippen LogP) is 1.80. The van der Waals surface area contributed by atoms with E-state index in [2.05, 4.69) is 11.6 Å². The Morgan fingerprint density at radius 2 is 2.13 bits per heavy atom. The SMILES string of the molecule is [B]C([B])(C(=C)OCC)c1nc(C)sc1C. The van der Waals surface area contributed by atoms with Gasteiger partial charge in [-0.3, -0.25) is 0 Å². The van der Waals surface area contributed by atoms with Crippen molar-refractivity contribution in [3.63, 3.8) is 0 Å². The Labute approximate surface area is 97.6 Å². The van der Waals surface area contributed by atoms with Crippen molar-refractivity contribution in [3.05, 3.63) is 27.9 Å². The summed E-state index contributed by atoms with van der Waals surface area (Å²) in [5.74, 6) is 0.346. The van der Waals surface area contributed by atoms with Gasteiger partial charge in [0.15, 0.2) is 0 Å². The van der Waals surface area contributed by atoms with Crippen LogP contribution in [0, 0.1) is 13.8 Å². The van der Waals surface area contributed by atoms with Crippen molar-refractivity contribution in [1.29, 1.82) is 0 Å². The molecule has 1 aromatic rings. The van der Waals surface area contributed by atoms with E-state index in [9.17, 15) is 0 Å². The first kappa shape index (κ1) is 12.4. The first-order valence-electron chi connectivity index (χ1n) is 4.74. The Balaban J connectivity index is 3.04. The first-order chi connectivity index (χ1) is 6.89. The molecule has 0 saturated heterocycles. The maximum Gasteiger partial charge on any atom is 0.0899 e. The topological polar surface area (TPSA) is 22.1 Å². The molecule has 0 saturated carbocycles. The van der Waals surface area contributed by atoms with Gasteiger partial charge in [0.1, 0.15) is 0 Å². The van der Waals surface area contributed by atoms with Crippen LogP contribution in [-0.2, 0) is 9.95 Å². The highest BCUT2D eigenvalue weighted by atomic mass is 32.1. The standard InChI is InChI=1S/C10H13B2NOS/c1-5-14-7(3)10(11,12)9-6(2)15-8(4)13-9/h3,5H2,1-2,4H3. The van der Waals surface area contributed by atoms with Gasteiger partial charge in [0.2, 0.25) is 0 Å². The lowest BCUT2D eigenvalue weighted by atomic mass is 9.51. The monoisotopic (exact) mass is 217 g/mol. The molecule has 0 aliphatic heterocycles. The van der Waals surface area contributed by atoms with Gasteiger partial charge in [-0.05, 0) is 26.0 Å². The maximum absolute atomic E-state index is 5.98. The molecule has 1 rings (SSSR count). The van der Waals surface area contributed by atoms with E-state index in [-0.39, 0.29) is 0 Å². The van der Waals surface area contributed by atoms with Crippen LogP contribution in [0.15, 0.2) is 12.3 Å². The molecular weight excluding hydrogens is 204 g/mol. The van der Waals surface area contributed by atoms with E-state index in [1.165, 1.54) is 0 Å². The number of hydrogen-bond donors (Lipinski definition) is 0. The number of aryl methyl sites for hydroxylation is 2. The highest BCUT2D eigenvalue weighted by Gasteiger charge is 2.29. The number of aromatic nitrogens is 1. The average molecular weight is 217 g/mol. The fourth-order valence-corrected chi connectivity index (χ4v) is 2.23. The Morgan fingerprint density at radius 3 is 2.53 bits per heavy atom. The number of nitrogens with zero attached hydrogens (tertiary/aromatic N) is 1. The molecule has 0 spiro atoms. The third-order valence-corrected chi connectivity index (χ3v) is 2.96. The molecule has 15 heavy (non-hydrogen) atoms. The van der Waals surface area contributed by atoms with Crippen LogP contribution in [0.2, 0.25) is 0 Å². The Morgan fingerprint density at radius 1 is 1.53 bits per heavy atom. The van der Waals surface area contributed by atoms with Crippen LogP contribution in [0.25, 0.3) is 0 Å². The van der Waals surface area contributed by atoms with Gasteiger partial charge in [-0.2, -0.15) is 0 Å². The zero-order chi connectivity index (χ0) is 11.6. The number of rotatable bonds is 4. The summed E-state index contributed by atoms with van der Waals surface area (Å²) in [6.45, 7) is 9.95. The van der Waals surface area contributed by atoms with Gasteiger partial charge in [0.25, 0.3) is 0 Å². The van der Waals surface area contributed by atoms with E-state index in [1.807, 2.05) is 20.8 Å². The molecule has 0 fully saturated rings. The molecule has 0 bridgehead atoms. The van der Waals surface area contributed by atoms with E-state index < -0.39 is 5.21 Å². The van der Waals surface area contributed by atoms with Crippen molar-refractivity contribution in [1.82, 2.24) is 4.98 Å². The summed E-state index contributed by atoms with van der Waals surface area (Å²) in [5, 5.41) is -0.266. The van der Waals surface area contributed by atoms with E-state index in [4.69, 9.17) is 20.4 Å². The summed E-state index contributed by atoms with van der Waals surface area (Å²) >= 11 is 1.56. The van der Waals surface area contributed by atoms with Gasteiger partial charge in [-0.1, -0.05) is 6.58 Å². The van der Waals surface area contributed by atoms with Crippen LogP contribution in [0.4, 0.5) is 0 Å². The Bertz CT molecular complexity index is 373. The average Bonchev–Trinajstić information content (AvgIpc) is 2.46. The predicted molar refractivity (Wildman–Crippen MR) is 65.5 cm³/mol. The molecule has 2 nitrogen and oxygen atoms in total. The number of thiazole rings is 1. The molecule has 5 heteroatoms. The van der Waals surface area contributed by atoms with Crippen LogP contribution >= 0.6 is 11.3 Å². The number of hydrogen-bond acceptors (Lipinski definition) is 3. The molecule has 0 amide bonds. The fourth-order valence-electron chi connectivity index (χ4n) is 1.34. The lowest BCUT2D eigenvalue weighted by Crippen LogP contribution is -2.31. The van der Waals surface area contributed by atoms with Gasteiger partial charge in [-0.25, -0.2) is 4.98 Å². The second kappa shape index (κ2) is 4.44. The molecule has 4 radical (unpaired) electrons. The Kier molecular flexibility index (Phi) is 3.66. The molecule has 0 atom stereocenters. The van der Waals surface area contributed by atoms with E-state index >= 15 is 0 Å². The summed E-state index contributed by atoms with van der Waals surface area (Å²) < 4.78 is 5.25. The second-order valence-corrected chi connectivity index (χ2v) is 4.77. The molecular formula is C10H13B2NOS. The highest BCUT2D eigenvalue weighted by molar-refractivity contribution is 7.11. The van der Waals surface area contributed by atoms with Crippen LogP contribution in [0.5, 0.6) is 0 Å². The zero-order valence-electron chi connectivity index (χ0n) is 9.33. The zero-order valence-corrected chi connectivity index (χ0v) is 10.1. The second-order valence-electron chi connectivity index (χ2n) is 3.36. The first-order valence-corrected chi connectivity index (χ1v) is 5.55. The molecule has 0 aliphatic rings. The van der Waals surface area contributed by atoms with E-state index in [0.717, 1.165) is 9.88 Å². The summed E-state index contributed by atoms with van der Waals surface area (Å²) in [6, 6.07) is 0. The molecule has 0 aromatic carbocycles. The largest absolute Gasteiger partial charge is 0.499 e. The van der Waals surface area contributed by atoms with Crippen molar-refractivity contribution in [2.24, 2.45) is 0 Å². The van der Waals surface area contributed by atoms with Gasteiger partial charge < -0.3 is 4.74 Å².